The Labute approximate surface area is 128 Å². The van der Waals surface area contributed by atoms with Crippen molar-refractivity contribution in [1.82, 2.24) is 9.97 Å². The van der Waals surface area contributed by atoms with Crippen molar-refractivity contribution in [3.63, 3.8) is 0 Å². The van der Waals surface area contributed by atoms with Crippen LogP contribution < -0.4 is 5.32 Å². The zero-order chi connectivity index (χ0) is 15.1. The van der Waals surface area contributed by atoms with Crippen molar-refractivity contribution in [3.05, 3.63) is 21.1 Å². The third kappa shape index (κ3) is 2.69. The van der Waals surface area contributed by atoms with Gasteiger partial charge >= 0.3 is 5.69 Å². The van der Waals surface area contributed by atoms with Gasteiger partial charge < -0.3 is 5.32 Å². The van der Waals surface area contributed by atoms with Crippen molar-refractivity contribution in [1.29, 1.82) is 0 Å². The molecule has 1 N–H and O–H groups in total. The van der Waals surface area contributed by atoms with E-state index in [1.165, 1.54) is 25.7 Å². The quantitative estimate of drug-likeness (QED) is 0.522. The van der Waals surface area contributed by atoms with Crippen LogP contribution in [0.2, 0.25) is 5.28 Å². The SMILES string of the molecule is Cc1nc(Cl)nc(NC(C)C2CC3CCC2C3)c1[N+](=O)[O-]. The third-order valence-electron chi connectivity index (χ3n) is 5.01. The first-order valence-corrected chi connectivity index (χ1v) is 7.78. The van der Waals surface area contributed by atoms with Crippen LogP contribution in [-0.2, 0) is 0 Å². The molecular weight excluding hydrogens is 292 g/mol. The predicted octanol–water partition coefficient (Wildman–Crippen LogP) is 3.58. The number of rotatable bonds is 4. The molecule has 0 saturated heterocycles. The molecule has 2 fully saturated rings. The van der Waals surface area contributed by atoms with Crippen LogP contribution in [0.3, 0.4) is 0 Å². The van der Waals surface area contributed by atoms with E-state index in [2.05, 4.69) is 22.2 Å². The molecular formula is C14H19ClN4O2. The van der Waals surface area contributed by atoms with E-state index in [1.807, 2.05) is 0 Å². The van der Waals surface area contributed by atoms with Crippen molar-refractivity contribution in [3.8, 4) is 0 Å². The van der Waals surface area contributed by atoms with E-state index >= 15 is 0 Å². The van der Waals surface area contributed by atoms with Crippen molar-refractivity contribution in [2.45, 2.75) is 45.6 Å². The molecule has 2 bridgehead atoms. The van der Waals surface area contributed by atoms with Gasteiger partial charge in [-0.2, -0.15) is 4.98 Å². The van der Waals surface area contributed by atoms with Gasteiger partial charge in [0, 0.05) is 6.04 Å². The number of halogens is 1. The van der Waals surface area contributed by atoms with Crippen LogP contribution in [0.15, 0.2) is 0 Å². The lowest BCUT2D eigenvalue weighted by molar-refractivity contribution is -0.385. The highest BCUT2D eigenvalue weighted by Gasteiger charge is 2.42. The molecule has 1 heterocycles. The lowest BCUT2D eigenvalue weighted by Crippen LogP contribution is -2.30. The molecule has 7 heteroatoms. The lowest BCUT2D eigenvalue weighted by Gasteiger charge is -2.28. The van der Waals surface area contributed by atoms with Crippen LogP contribution in [0.25, 0.3) is 0 Å². The third-order valence-corrected chi connectivity index (χ3v) is 5.18. The van der Waals surface area contributed by atoms with E-state index in [1.54, 1.807) is 6.92 Å². The molecule has 1 aromatic rings. The van der Waals surface area contributed by atoms with Gasteiger partial charge in [-0.3, -0.25) is 10.1 Å². The highest BCUT2D eigenvalue weighted by Crippen LogP contribution is 2.50. The van der Waals surface area contributed by atoms with Crippen LogP contribution >= 0.6 is 11.6 Å². The molecule has 4 unspecified atom stereocenters. The smallest absolute Gasteiger partial charge is 0.332 e. The van der Waals surface area contributed by atoms with Gasteiger partial charge in [0.2, 0.25) is 11.1 Å². The summed E-state index contributed by atoms with van der Waals surface area (Å²) >= 11 is 5.85. The summed E-state index contributed by atoms with van der Waals surface area (Å²) in [6.07, 6.45) is 5.15. The first kappa shape index (κ1) is 14.5. The van der Waals surface area contributed by atoms with E-state index in [9.17, 15) is 10.1 Å². The largest absolute Gasteiger partial charge is 0.361 e. The first-order valence-electron chi connectivity index (χ1n) is 7.40. The van der Waals surface area contributed by atoms with Crippen molar-refractivity contribution in [2.24, 2.45) is 17.8 Å². The number of nitrogens with zero attached hydrogens (tertiary/aromatic N) is 3. The molecule has 2 aliphatic carbocycles. The molecule has 1 aromatic heterocycles. The first-order chi connectivity index (χ1) is 9.95. The Morgan fingerprint density at radius 1 is 1.38 bits per heavy atom. The summed E-state index contributed by atoms with van der Waals surface area (Å²) in [5, 5.41) is 14.5. The van der Waals surface area contributed by atoms with Gasteiger partial charge in [0.25, 0.3) is 0 Å². The number of hydrogen-bond donors (Lipinski definition) is 1. The van der Waals surface area contributed by atoms with Crippen LogP contribution in [0.4, 0.5) is 11.5 Å². The number of nitro groups is 1. The number of aryl methyl sites for hydroxylation is 1. The minimum Gasteiger partial charge on any atom is -0.361 e. The number of fused-ring (bicyclic) bond motifs is 2. The van der Waals surface area contributed by atoms with Crippen molar-refractivity contribution in [2.75, 3.05) is 5.32 Å². The maximum absolute atomic E-state index is 11.2. The molecule has 114 valence electrons. The second-order valence-corrected chi connectivity index (χ2v) is 6.64. The fraction of sp³-hybridized carbons (Fsp3) is 0.714. The molecule has 0 radical (unpaired) electrons. The van der Waals surface area contributed by atoms with Crippen molar-refractivity contribution >= 4 is 23.1 Å². The molecule has 0 aliphatic heterocycles. The minimum atomic E-state index is -0.443. The summed E-state index contributed by atoms with van der Waals surface area (Å²) in [5.74, 6) is 2.40. The summed E-state index contributed by atoms with van der Waals surface area (Å²) in [4.78, 5) is 18.7. The molecule has 0 spiro atoms. The van der Waals surface area contributed by atoms with Gasteiger partial charge in [0.05, 0.1) is 4.92 Å². The van der Waals surface area contributed by atoms with Crippen molar-refractivity contribution < 1.29 is 4.92 Å². The van der Waals surface area contributed by atoms with E-state index < -0.39 is 4.92 Å². The van der Waals surface area contributed by atoms with E-state index in [0.717, 1.165) is 11.8 Å². The molecule has 0 aromatic carbocycles. The summed E-state index contributed by atoms with van der Waals surface area (Å²) in [6.45, 7) is 3.67. The zero-order valence-electron chi connectivity index (χ0n) is 12.2. The monoisotopic (exact) mass is 310 g/mol. The van der Waals surface area contributed by atoms with Gasteiger partial charge in [0.1, 0.15) is 5.69 Å². The second kappa shape index (κ2) is 5.40. The highest BCUT2D eigenvalue weighted by molar-refractivity contribution is 6.28. The van der Waals surface area contributed by atoms with Crippen LogP contribution in [0.1, 0.15) is 38.3 Å². The van der Waals surface area contributed by atoms with Crippen LogP contribution in [0, 0.1) is 34.8 Å². The number of hydrogen-bond acceptors (Lipinski definition) is 5. The Bertz CT molecular complexity index is 580. The predicted molar refractivity (Wildman–Crippen MR) is 80.5 cm³/mol. The van der Waals surface area contributed by atoms with E-state index in [0.29, 0.717) is 11.6 Å². The number of nitrogens with one attached hydrogen (secondary N) is 1. The molecule has 2 saturated carbocycles. The Morgan fingerprint density at radius 3 is 2.71 bits per heavy atom. The number of anilines is 1. The lowest BCUT2D eigenvalue weighted by atomic mass is 9.84. The number of aromatic nitrogens is 2. The standard InChI is InChI=1S/C14H19ClN4O2/c1-7(11-6-9-3-4-10(11)5-9)16-13-12(19(20)21)8(2)17-14(15)18-13/h7,9-11H,3-6H2,1-2H3,(H,16,17,18). The Morgan fingerprint density at radius 2 is 2.14 bits per heavy atom. The Balaban J connectivity index is 1.82. The fourth-order valence-electron chi connectivity index (χ4n) is 4.08. The van der Waals surface area contributed by atoms with E-state index in [4.69, 9.17) is 11.6 Å². The van der Waals surface area contributed by atoms with Gasteiger partial charge in [-0.15, -0.1) is 0 Å². The van der Waals surface area contributed by atoms with Crippen LogP contribution in [-0.4, -0.2) is 20.9 Å². The average Bonchev–Trinajstić information content (AvgIpc) is 2.99. The van der Waals surface area contributed by atoms with Gasteiger partial charge in [0.15, 0.2) is 0 Å². The summed E-state index contributed by atoms with van der Waals surface area (Å²) in [7, 11) is 0. The zero-order valence-corrected chi connectivity index (χ0v) is 12.9. The molecule has 4 atom stereocenters. The molecule has 6 nitrogen and oxygen atoms in total. The molecule has 3 rings (SSSR count). The Hall–Kier alpha value is -1.43. The second-order valence-electron chi connectivity index (χ2n) is 6.30. The topological polar surface area (TPSA) is 81.0 Å². The molecule has 0 amide bonds. The van der Waals surface area contributed by atoms with Gasteiger partial charge in [-0.05, 0) is 62.5 Å². The fourth-order valence-corrected chi connectivity index (χ4v) is 4.29. The minimum absolute atomic E-state index is 0.0424. The molecule has 2 aliphatic rings. The van der Waals surface area contributed by atoms with Crippen LogP contribution in [0.5, 0.6) is 0 Å². The highest BCUT2D eigenvalue weighted by atomic mass is 35.5. The van der Waals surface area contributed by atoms with Gasteiger partial charge in [-0.1, -0.05) is 6.42 Å². The normalized spacial score (nSPS) is 28.6. The Kier molecular flexibility index (Phi) is 3.73. The molecule has 21 heavy (non-hydrogen) atoms. The maximum atomic E-state index is 11.2. The maximum Gasteiger partial charge on any atom is 0.332 e. The van der Waals surface area contributed by atoms with E-state index in [-0.39, 0.29) is 22.8 Å². The average molecular weight is 311 g/mol. The van der Waals surface area contributed by atoms with Gasteiger partial charge in [-0.25, -0.2) is 4.98 Å². The summed E-state index contributed by atoms with van der Waals surface area (Å²) in [5.41, 5.74) is 0.219. The summed E-state index contributed by atoms with van der Waals surface area (Å²) < 4.78 is 0. The summed E-state index contributed by atoms with van der Waals surface area (Å²) in [6, 6.07) is 0.157.